The van der Waals surface area contributed by atoms with Crippen LogP contribution in [0.15, 0.2) is 47.7 Å². The van der Waals surface area contributed by atoms with Gasteiger partial charge in [-0.2, -0.15) is 0 Å². The number of hydrogen-bond donors (Lipinski definition) is 3. The van der Waals surface area contributed by atoms with Crippen LogP contribution in [0.3, 0.4) is 0 Å². The van der Waals surface area contributed by atoms with E-state index in [2.05, 4.69) is 71.1 Å². The molecule has 6 nitrogen and oxygen atoms in total. The van der Waals surface area contributed by atoms with Crippen molar-refractivity contribution >= 4 is 11.8 Å². The lowest BCUT2D eigenvalue weighted by atomic mass is 9.78. The smallest absolute Gasteiger partial charge is 0.267 e. The highest BCUT2D eigenvalue weighted by molar-refractivity contribution is 5.97. The van der Waals surface area contributed by atoms with Crippen LogP contribution in [-0.4, -0.2) is 42.9 Å². The Morgan fingerprint density at radius 1 is 1.15 bits per heavy atom. The summed E-state index contributed by atoms with van der Waals surface area (Å²) in [7, 11) is 4.10. The highest BCUT2D eigenvalue weighted by Gasteiger charge is 2.38. The molecule has 4 unspecified atom stereocenters. The summed E-state index contributed by atoms with van der Waals surface area (Å²) >= 11 is 0. The molecule has 1 aliphatic heterocycles. The van der Waals surface area contributed by atoms with E-state index in [0.717, 1.165) is 30.5 Å². The van der Waals surface area contributed by atoms with Crippen LogP contribution in [0.1, 0.15) is 57.1 Å². The highest BCUT2D eigenvalue weighted by Crippen LogP contribution is 2.37. The van der Waals surface area contributed by atoms with Crippen LogP contribution in [0.2, 0.25) is 0 Å². The number of nitrogens with zero attached hydrogens (tertiary/aromatic N) is 1. The van der Waals surface area contributed by atoms with Crippen molar-refractivity contribution in [3.8, 4) is 0 Å². The Morgan fingerprint density at radius 2 is 1.85 bits per heavy atom. The van der Waals surface area contributed by atoms with Gasteiger partial charge in [-0.3, -0.25) is 9.59 Å². The van der Waals surface area contributed by atoms with E-state index in [1.807, 2.05) is 14.1 Å². The van der Waals surface area contributed by atoms with Crippen LogP contribution in [0.25, 0.3) is 0 Å². The molecule has 0 aromatic heterocycles. The van der Waals surface area contributed by atoms with Crippen molar-refractivity contribution in [2.45, 2.75) is 71.1 Å². The van der Waals surface area contributed by atoms with E-state index in [-0.39, 0.29) is 17.9 Å². The third-order valence-electron chi connectivity index (χ3n) is 7.45. The average molecular weight is 465 g/mol. The molecule has 0 spiro atoms. The minimum Gasteiger partial charge on any atom is -0.374 e. The summed E-state index contributed by atoms with van der Waals surface area (Å²) in [6.45, 7) is 5.65. The Kier molecular flexibility index (Phi) is 7.77. The van der Waals surface area contributed by atoms with E-state index in [9.17, 15) is 9.59 Å². The fourth-order valence-corrected chi connectivity index (χ4v) is 5.33. The molecule has 0 radical (unpaired) electrons. The fraction of sp³-hybridized carbons (Fsp3) is 0.571. The van der Waals surface area contributed by atoms with Crippen molar-refractivity contribution < 1.29 is 9.59 Å². The predicted molar refractivity (Wildman–Crippen MR) is 136 cm³/mol. The van der Waals surface area contributed by atoms with E-state index in [1.165, 1.54) is 18.4 Å². The van der Waals surface area contributed by atoms with E-state index < -0.39 is 6.04 Å². The van der Waals surface area contributed by atoms with Gasteiger partial charge in [0.15, 0.2) is 0 Å². The number of fused-ring (bicyclic) bond motifs is 1. The molecular weight excluding hydrogens is 424 g/mol. The number of benzene rings is 1. The molecular formula is C28H40N4O2. The van der Waals surface area contributed by atoms with Gasteiger partial charge in [-0.1, -0.05) is 56.2 Å². The quantitative estimate of drug-likeness (QED) is 0.464. The van der Waals surface area contributed by atoms with Gasteiger partial charge in [0.25, 0.3) is 5.91 Å². The van der Waals surface area contributed by atoms with Crippen molar-refractivity contribution in [2.75, 3.05) is 14.1 Å². The molecule has 184 valence electrons. The summed E-state index contributed by atoms with van der Waals surface area (Å²) in [5.74, 6) is 1.30. The molecule has 1 saturated carbocycles. The van der Waals surface area contributed by atoms with Crippen LogP contribution in [0.5, 0.6) is 0 Å². The standard InChI is InChI=1S/C28H40N4O2/c1-18-6-5-7-23-25(18)19(2)26(30-23)28(34)31-24(15-14-20-8-9-20)27(33)29-16-21-10-12-22(13-11-21)17-32(3)4/h5,7,10-13,18,20,23-25,30H,6,8-9,14-17H2,1-4H3,(H,29,33)(H,31,34). The third kappa shape index (κ3) is 6.09. The van der Waals surface area contributed by atoms with Crippen molar-refractivity contribution in [1.29, 1.82) is 0 Å². The van der Waals surface area contributed by atoms with Gasteiger partial charge >= 0.3 is 0 Å². The normalized spacial score (nSPS) is 24.6. The minimum atomic E-state index is -0.515. The lowest BCUT2D eigenvalue weighted by Gasteiger charge is -2.28. The van der Waals surface area contributed by atoms with E-state index in [4.69, 9.17) is 0 Å². The van der Waals surface area contributed by atoms with Gasteiger partial charge in [0.2, 0.25) is 5.91 Å². The molecule has 4 rings (SSSR count). The number of nitrogens with one attached hydrogen (secondary N) is 3. The lowest BCUT2D eigenvalue weighted by molar-refractivity contribution is -0.127. The Labute approximate surface area is 204 Å². The monoisotopic (exact) mass is 464 g/mol. The second kappa shape index (κ2) is 10.8. The largest absolute Gasteiger partial charge is 0.374 e. The Balaban J connectivity index is 1.37. The van der Waals surface area contributed by atoms with Gasteiger partial charge < -0.3 is 20.9 Å². The summed E-state index contributed by atoms with van der Waals surface area (Å²) < 4.78 is 0. The number of hydrogen-bond acceptors (Lipinski definition) is 4. The first-order valence-corrected chi connectivity index (χ1v) is 12.8. The minimum absolute atomic E-state index is 0.103. The molecule has 1 heterocycles. The molecule has 1 aromatic carbocycles. The first-order chi connectivity index (χ1) is 16.3. The average Bonchev–Trinajstić information content (AvgIpc) is 3.57. The second-order valence-corrected chi connectivity index (χ2v) is 10.7. The first-order valence-electron chi connectivity index (χ1n) is 12.8. The number of allylic oxidation sites excluding steroid dienone is 1. The Bertz CT molecular complexity index is 946. The summed E-state index contributed by atoms with van der Waals surface area (Å²) in [5.41, 5.74) is 4.06. The maximum absolute atomic E-state index is 13.2. The van der Waals surface area contributed by atoms with Gasteiger partial charge in [0.1, 0.15) is 6.04 Å². The molecule has 1 aromatic rings. The molecule has 4 atom stereocenters. The molecule has 0 bridgehead atoms. The molecule has 0 saturated heterocycles. The van der Waals surface area contributed by atoms with Gasteiger partial charge in [0.05, 0.1) is 11.7 Å². The van der Waals surface area contributed by atoms with Gasteiger partial charge in [0, 0.05) is 19.0 Å². The molecule has 2 amide bonds. The molecule has 6 heteroatoms. The first kappa shape index (κ1) is 24.5. The van der Waals surface area contributed by atoms with Crippen LogP contribution in [-0.2, 0) is 22.7 Å². The van der Waals surface area contributed by atoms with Crippen LogP contribution in [0.4, 0.5) is 0 Å². The summed E-state index contributed by atoms with van der Waals surface area (Å²) in [5, 5.41) is 9.54. The van der Waals surface area contributed by atoms with E-state index in [0.29, 0.717) is 36.4 Å². The van der Waals surface area contributed by atoms with Crippen molar-refractivity contribution in [3.63, 3.8) is 0 Å². The number of carbonyl (C=O) groups excluding carboxylic acids is 2. The van der Waals surface area contributed by atoms with E-state index >= 15 is 0 Å². The van der Waals surface area contributed by atoms with E-state index in [1.54, 1.807) is 0 Å². The zero-order valence-electron chi connectivity index (χ0n) is 21.1. The number of amides is 2. The van der Waals surface area contributed by atoms with Crippen molar-refractivity contribution in [1.82, 2.24) is 20.9 Å². The molecule has 2 aliphatic carbocycles. The highest BCUT2D eigenvalue weighted by atomic mass is 16.2. The predicted octanol–water partition coefficient (Wildman–Crippen LogP) is 3.50. The molecule has 34 heavy (non-hydrogen) atoms. The Morgan fingerprint density at radius 3 is 2.50 bits per heavy atom. The van der Waals surface area contributed by atoms with Crippen molar-refractivity contribution in [3.05, 3.63) is 58.8 Å². The molecule has 3 N–H and O–H groups in total. The maximum Gasteiger partial charge on any atom is 0.267 e. The summed E-state index contributed by atoms with van der Waals surface area (Å²) in [4.78, 5) is 28.5. The zero-order chi connectivity index (χ0) is 24.2. The number of rotatable bonds is 10. The number of carbonyl (C=O) groups is 2. The topological polar surface area (TPSA) is 73.5 Å². The molecule has 1 fully saturated rings. The second-order valence-electron chi connectivity index (χ2n) is 10.7. The van der Waals surface area contributed by atoms with Crippen LogP contribution >= 0.6 is 0 Å². The van der Waals surface area contributed by atoms with Crippen LogP contribution in [0, 0.1) is 17.8 Å². The fourth-order valence-electron chi connectivity index (χ4n) is 5.33. The SMILES string of the molecule is CC1=C(C(=O)NC(CCC2CC2)C(=O)NCc2ccc(CN(C)C)cc2)NC2C=CCC(C)C12. The van der Waals surface area contributed by atoms with Gasteiger partial charge in [-0.05, 0) is 68.8 Å². The zero-order valence-corrected chi connectivity index (χ0v) is 21.1. The molecule has 3 aliphatic rings. The summed E-state index contributed by atoms with van der Waals surface area (Å²) in [6.07, 6.45) is 9.55. The van der Waals surface area contributed by atoms with Gasteiger partial charge in [-0.15, -0.1) is 0 Å². The third-order valence-corrected chi connectivity index (χ3v) is 7.45. The van der Waals surface area contributed by atoms with Crippen LogP contribution < -0.4 is 16.0 Å². The summed E-state index contributed by atoms with van der Waals surface area (Å²) in [6, 6.07) is 7.99. The maximum atomic E-state index is 13.2. The Hall–Kier alpha value is -2.60. The lowest BCUT2D eigenvalue weighted by Crippen LogP contribution is -2.48. The van der Waals surface area contributed by atoms with Crippen molar-refractivity contribution in [2.24, 2.45) is 17.8 Å². The van der Waals surface area contributed by atoms with Gasteiger partial charge in [-0.25, -0.2) is 0 Å².